The SMILES string of the molecule is COc1cc(C(N)C(C)(C)CN)c(OC)c(C)c1C. The Labute approximate surface area is 116 Å². The monoisotopic (exact) mass is 266 g/mol. The van der Waals surface area contributed by atoms with E-state index in [1.165, 1.54) is 0 Å². The van der Waals surface area contributed by atoms with Crippen molar-refractivity contribution in [3.05, 3.63) is 22.8 Å². The number of benzene rings is 1. The summed E-state index contributed by atoms with van der Waals surface area (Å²) in [6.45, 7) is 8.65. The van der Waals surface area contributed by atoms with Crippen molar-refractivity contribution >= 4 is 0 Å². The van der Waals surface area contributed by atoms with E-state index in [2.05, 4.69) is 13.8 Å². The van der Waals surface area contributed by atoms with Crippen molar-refractivity contribution in [2.75, 3.05) is 20.8 Å². The number of methoxy groups -OCH3 is 2. The van der Waals surface area contributed by atoms with Gasteiger partial charge in [-0.05, 0) is 43.0 Å². The molecule has 0 saturated carbocycles. The number of hydrogen-bond acceptors (Lipinski definition) is 4. The predicted molar refractivity (Wildman–Crippen MR) is 78.8 cm³/mol. The van der Waals surface area contributed by atoms with Crippen LogP contribution in [0.1, 0.15) is 36.6 Å². The molecule has 4 heteroatoms. The van der Waals surface area contributed by atoms with Gasteiger partial charge in [-0.25, -0.2) is 0 Å². The summed E-state index contributed by atoms with van der Waals surface area (Å²) in [7, 11) is 3.33. The molecule has 0 fully saturated rings. The second kappa shape index (κ2) is 5.80. The average Bonchev–Trinajstić information content (AvgIpc) is 2.40. The molecule has 0 amide bonds. The fourth-order valence-corrected chi connectivity index (χ4v) is 2.15. The van der Waals surface area contributed by atoms with Gasteiger partial charge in [0.05, 0.1) is 14.2 Å². The van der Waals surface area contributed by atoms with E-state index in [0.717, 1.165) is 28.2 Å². The second-order valence-electron chi connectivity index (χ2n) is 5.62. The molecule has 0 spiro atoms. The van der Waals surface area contributed by atoms with E-state index >= 15 is 0 Å². The fourth-order valence-electron chi connectivity index (χ4n) is 2.15. The lowest BCUT2D eigenvalue weighted by molar-refractivity contribution is 0.290. The molecule has 0 heterocycles. The van der Waals surface area contributed by atoms with E-state index in [0.29, 0.717) is 6.54 Å². The van der Waals surface area contributed by atoms with Crippen molar-refractivity contribution in [1.29, 1.82) is 0 Å². The van der Waals surface area contributed by atoms with Crippen LogP contribution in [0.5, 0.6) is 11.5 Å². The van der Waals surface area contributed by atoms with Gasteiger partial charge in [-0.15, -0.1) is 0 Å². The molecule has 108 valence electrons. The van der Waals surface area contributed by atoms with Crippen LogP contribution < -0.4 is 20.9 Å². The van der Waals surface area contributed by atoms with Crippen LogP contribution in [0.2, 0.25) is 0 Å². The summed E-state index contributed by atoms with van der Waals surface area (Å²) in [4.78, 5) is 0. The van der Waals surface area contributed by atoms with Gasteiger partial charge in [0, 0.05) is 11.6 Å². The standard InChI is InChI=1S/C15H26N2O2/c1-9-10(2)13(19-6)11(7-12(9)18-5)14(17)15(3,4)8-16/h7,14H,8,16-17H2,1-6H3. The minimum absolute atomic E-state index is 0.208. The molecule has 0 bridgehead atoms. The summed E-state index contributed by atoms with van der Waals surface area (Å²) in [5, 5.41) is 0. The minimum Gasteiger partial charge on any atom is -0.496 e. The molecule has 0 radical (unpaired) electrons. The number of rotatable bonds is 5. The summed E-state index contributed by atoms with van der Waals surface area (Å²) in [6.07, 6.45) is 0. The molecule has 4 N–H and O–H groups in total. The van der Waals surface area contributed by atoms with Gasteiger partial charge in [0.2, 0.25) is 0 Å². The zero-order chi connectivity index (χ0) is 14.8. The molecule has 1 rings (SSSR count). The highest BCUT2D eigenvalue weighted by Gasteiger charge is 2.30. The molecular formula is C15H26N2O2. The highest BCUT2D eigenvalue weighted by Crippen LogP contribution is 2.41. The zero-order valence-electron chi connectivity index (χ0n) is 12.8. The van der Waals surface area contributed by atoms with Crippen LogP contribution in [0, 0.1) is 19.3 Å². The van der Waals surface area contributed by atoms with Gasteiger partial charge in [0.15, 0.2) is 0 Å². The van der Waals surface area contributed by atoms with E-state index in [-0.39, 0.29) is 11.5 Å². The lowest BCUT2D eigenvalue weighted by Crippen LogP contribution is -2.36. The Hall–Kier alpha value is -1.26. The molecule has 0 aliphatic heterocycles. The fraction of sp³-hybridized carbons (Fsp3) is 0.600. The van der Waals surface area contributed by atoms with Crippen LogP contribution in [0.4, 0.5) is 0 Å². The van der Waals surface area contributed by atoms with E-state index in [9.17, 15) is 0 Å². The van der Waals surface area contributed by atoms with Gasteiger partial charge < -0.3 is 20.9 Å². The largest absolute Gasteiger partial charge is 0.496 e. The highest BCUT2D eigenvalue weighted by atomic mass is 16.5. The van der Waals surface area contributed by atoms with Gasteiger partial charge in [-0.3, -0.25) is 0 Å². The Kier molecular flexibility index (Phi) is 4.82. The Balaban J connectivity index is 3.46. The van der Waals surface area contributed by atoms with E-state index in [1.807, 2.05) is 19.9 Å². The number of hydrogen-bond donors (Lipinski definition) is 2. The summed E-state index contributed by atoms with van der Waals surface area (Å²) in [5.41, 5.74) is 15.1. The first kappa shape index (κ1) is 15.8. The Morgan fingerprint density at radius 3 is 2.16 bits per heavy atom. The molecule has 1 aromatic rings. The van der Waals surface area contributed by atoms with Gasteiger partial charge in [-0.1, -0.05) is 13.8 Å². The Morgan fingerprint density at radius 1 is 1.16 bits per heavy atom. The van der Waals surface area contributed by atoms with Crippen LogP contribution in [0.25, 0.3) is 0 Å². The summed E-state index contributed by atoms with van der Waals surface area (Å²) in [5.74, 6) is 1.66. The Morgan fingerprint density at radius 2 is 1.74 bits per heavy atom. The normalized spacial score (nSPS) is 13.3. The maximum absolute atomic E-state index is 6.39. The van der Waals surface area contributed by atoms with Crippen molar-refractivity contribution < 1.29 is 9.47 Å². The lowest BCUT2D eigenvalue weighted by atomic mass is 9.80. The molecule has 1 aromatic carbocycles. The number of nitrogens with two attached hydrogens (primary N) is 2. The maximum atomic E-state index is 6.39. The quantitative estimate of drug-likeness (QED) is 0.858. The maximum Gasteiger partial charge on any atom is 0.127 e. The molecular weight excluding hydrogens is 240 g/mol. The van der Waals surface area contributed by atoms with Crippen LogP contribution in [-0.4, -0.2) is 20.8 Å². The lowest BCUT2D eigenvalue weighted by Gasteiger charge is -2.32. The van der Waals surface area contributed by atoms with Crippen LogP contribution in [0.3, 0.4) is 0 Å². The van der Waals surface area contributed by atoms with E-state index in [1.54, 1.807) is 14.2 Å². The summed E-state index contributed by atoms with van der Waals surface area (Å²) < 4.78 is 11.0. The van der Waals surface area contributed by atoms with Gasteiger partial charge >= 0.3 is 0 Å². The van der Waals surface area contributed by atoms with Crippen LogP contribution in [-0.2, 0) is 0 Å². The molecule has 1 unspecified atom stereocenters. The van der Waals surface area contributed by atoms with Crippen molar-refractivity contribution in [2.45, 2.75) is 33.7 Å². The number of ether oxygens (including phenoxy) is 2. The first-order valence-electron chi connectivity index (χ1n) is 6.47. The molecule has 19 heavy (non-hydrogen) atoms. The molecule has 0 aliphatic rings. The van der Waals surface area contributed by atoms with Crippen molar-refractivity contribution in [1.82, 2.24) is 0 Å². The van der Waals surface area contributed by atoms with Crippen molar-refractivity contribution in [3.8, 4) is 11.5 Å². The average molecular weight is 266 g/mol. The third-order valence-electron chi connectivity index (χ3n) is 3.95. The Bertz CT molecular complexity index is 456. The summed E-state index contributed by atoms with van der Waals surface area (Å²) in [6, 6.07) is 1.75. The predicted octanol–water partition coefficient (Wildman–Crippen LogP) is 2.31. The second-order valence-corrected chi connectivity index (χ2v) is 5.62. The highest BCUT2D eigenvalue weighted by molar-refractivity contribution is 5.54. The van der Waals surface area contributed by atoms with E-state index in [4.69, 9.17) is 20.9 Å². The first-order chi connectivity index (χ1) is 8.80. The molecule has 0 aromatic heterocycles. The van der Waals surface area contributed by atoms with Crippen molar-refractivity contribution in [3.63, 3.8) is 0 Å². The summed E-state index contributed by atoms with van der Waals surface area (Å²) >= 11 is 0. The van der Waals surface area contributed by atoms with Crippen LogP contribution >= 0.6 is 0 Å². The molecule has 0 aliphatic carbocycles. The topological polar surface area (TPSA) is 70.5 Å². The molecule has 4 nitrogen and oxygen atoms in total. The zero-order valence-corrected chi connectivity index (χ0v) is 12.8. The van der Waals surface area contributed by atoms with Crippen LogP contribution in [0.15, 0.2) is 6.07 Å². The van der Waals surface area contributed by atoms with Crippen molar-refractivity contribution in [2.24, 2.45) is 16.9 Å². The smallest absolute Gasteiger partial charge is 0.127 e. The van der Waals surface area contributed by atoms with Gasteiger partial charge in [0.25, 0.3) is 0 Å². The molecule has 0 saturated heterocycles. The first-order valence-corrected chi connectivity index (χ1v) is 6.47. The minimum atomic E-state index is -0.208. The van der Waals surface area contributed by atoms with E-state index < -0.39 is 0 Å². The molecule has 1 atom stereocenters. The van der Waals surface area contributed by atoms with Gasteiger partial charge in [0.1, 0.15) is 11.5 Å². The third kappa shape index (κ3) is 2.85. The third-order valence-corrected chi connectivity index (χ3v) is 3.95. The van der Waals surface area contributed by atoms with Gasteiger partial charge in [-0.2, -0.15) is 0 Å².